The van der Waals surface area contributed by atoms with E-state index in [1.807, 2.05) is 24.3 Å². The normalized spacial score (nSPS) is 12.2. The number of nitrogens with zero attached hydrogens (tertiary/aromatic N) is 2. The molecular weight excluding hydrogens is 340 g/mol. The van der Waals surface area contributed by atoms with Gasteiger partial charge in [0, 0.05) is 5.56 Å². The Morgan fingerprint density at radius 1 is 1.05 bits per heavy atom. The van der Waals surface area contributed by atoms with Crippen LogP contribution in [0.2, 0.25) is 0 Å². The molecule has 110 valence electrons. The first-order valence-electron chi connectivity index (χ1n) is 6.24. The van der Waals surface area contributed by atoms with Crippen LogP contribution in [0.25, 0.3) is 31.0 Å². The molecule has 4 aromatic rings. The van der Waals surface area contributed by atoms with Crippen molar-refractivity contribution in [2.75, 3.05) is 0 Å². The highest BCUT2D eigenvalue weighted by Crippen LogP contribution is 2.38. The van der Waals surface area contributed by atoms with Crippen molar-refractivity contribution in [3.8, 4) is 10.6 Å². The van der Waals surface area contributed by atoms with Crippen molar-refractivity contribution in [1.29, 1.82) is 0 Å². The van der Waals surface area contributed by atoms with Gasteiger partial charge in [0.15, 0.2) is 0 Å². The topological polar surface area (TPSA) is 80.2 Å². The third-order valence-corrected chi connectivity index (χ3v) is 6.23. The molecule has 2 heterocycles. The largest absolute Gasteiger partial charge is 0.296 e. The number of aromatic nitrogens is 2. The van der Waals surface area contributed by atoms with Crippen molar-refractivity contribution in [2.24, 2.45) is 0 Å². The molecular formula is C14H8N2O3S3. The second-order valence-electron chi connectivity index (χ2n) is 4.60. The molecule has 1 N–H and O–H groups in total. The van der Waals surface area contributed by atoms with Crippen LogP contribution in [0.5, 0.6) is 0 Å². The molecule has 2 aromatic carbocycles. The third-order valence-electron chi connectivity index (χ3n) is 3.24. The predicted molar refractivity (Wildman–Crippen MR) is 88.0 cm³/mol. The fourth-order valence-electron chi connectivity index (χ4n) is 2.32. The van der Waals surface area contributed by atoms with Gasteiger partial charge in [0.2, 0.25) is 0 Å². The molecule has 0 unspecified atom stereocenters. The Hall–Kier alpha value is -1.87. The molecule has 0 fully saturated rings. The van der Waals surface area contributed by atoms with Crippen molar-refractivity contribution in [3.63, 3.8) is 0 Å². The van der Waals surface area contributed by atoms with Crippen LogP contribution in [0.1, 0.15) is 0 Å². The van der Waals surface area contributed by atoms with Crippen molar-refractivity contribution in [3.05, 3.63) is 41.9 Å². The Balaban J connectivity index is 2.10. The number of hydrogen-bond acceptors (Lipinski definition) is 6. The Kier molecular flexibility index (Phi) is 3.01. The van der Waals surface area contributed by atoms with Crippen LogP contribution in [0, 0.1) is 0 Å². The Bertz CT molecular complexity index is 1080. The number of hydrogen-bond donors (Lipinski definition) is 1. The highest BCUT2D eigenvalue weighted by atomic mass is 32.2. The minimum Gasteiger partial charge on any atom is -0.282 e. The summed E-state index contributed by atoms with van der Waals surface area (Å²) in [5.74, 6) is 0. The summed E-state index contributed by atoms with van der Waals surface area (Å²) >= 11 is 2.57. The van der Waals surface area contributed by atoms with Crippen LogP contribution in [-0.4, -0.2) is 22.9 Å². The maximum absolute atomic E-state index is 11.9. The van der Waals surface area contributed by atoms with Gasteiger partial charge in [0.05, 0.1) is 25.9 Å². The van der Waals surface area contributed by atoms with Crippen LogP contribution in [0.4, 0.5) is 0 Å². The number of thiazole rings is 2. The van der Waals surface area contributed by atoms with Crippen molar-refractivity contribution >= 4 is 53.2 Å². The van der Waals surface area contributed by atoms with E-state index in [1.54, 1.807) is 17.6 Å². The lowest BCUT2D eigenvalue weighted by Crippen LogP contribution is -2.01. The molecule has 0 saturated carbocycles. The third kappa shape index (κ3) is 2.12. The van der Waals surface area contributed by atoms with Gasteiger partial charge in [-0.1, -0.05) is 12.1 Å². The van der Waals surface area contributed by atoms with Crippen LogP contribution in [-0.2, 0) is 10.1 Å². The lowest BCUT2D eigenvalue weighted by atomic mass is 10.2. The monoisotopic (exact) mass is 348 g/mol. The highest BCUT2D eigenvalue weighted by Gasteiger charge is 2.23. The molecule has 4 rings (SSSR count). The highest BCUT2D eigenvalue weighted by molar-refractivity contribution is 7.86. The zero-order chi connectivity index (χ0) is 15.3. The van der Waals surface area contributed by atoms with Gasteiger partial charge in [-0.05, 0) is 24.3 Å². The van der Waals surface area contributed by atoms with E-state index in [9.17, 15) is 13.0 Å². The van der Waals surface area contributed by atoms with Gasteiger partial charge < -0.3 is 0 Å². The fraction of sp³-hybridized carbons (Fsp3) is 0. The predicted octanol–water partition coefficient (Wildman–Crippen LogP) is 3.82. The minimum atomic E-state index is -4.38. The van der Waals surface area contributed by atoms with E-state index in [-0.39, 0.29) is 4.90 Å². The molecule has 0 spiro atoms. The maximum Gasteiger partial charge on any atom is 0.296 e. The number of benzene rings is 2. The summed E-state index contributed by atoms with van der Waals surface area (Å²) < 4.78 is 34.8. The molecule has 0 aliphatic rings. The molecule has 0 bridgehead atoms. The number of fused-ring (bicyclic) bond motifs is 2. The van der Waals surface area contributed by atoms with Gasteiger partial charge in [-0.2, -0.15) is 8.42 Å². The Labute approximate surface area is 133 Å². The first kappa shape index (κ1) is 13.8. The summed E-state index contributed by atoms with van der Waals surface area (Å²) in [6, 6.07) is 11.0. The van der Waals surface area contributed by atoms with E-state index >= 15 is 0 Å². The minimum absolute atomic E-state index is 0.119. The second kappa shape index (κ2) is 4.82. The van der Waals surface area contributed by atoms with E-state index in [0.29, 0.717) is 20.8 Å². The van der Waals surface area contributed by atoms with Crippen molar-refractivity contribution < 1.29 is 13.0 Å². The van der Waals surface area contributed by atoms with Gasteiger partial charge in [-0.3, -0.25) is 4.55 Å². The first-order valence-corrected chi connectivity index (χ1v) is 9.37. The molecule has 22 heavy (non-hydrogen) atoms. The van der Waals surface area contributed by atoms with Gasteiger partial charge in [-0.15, -0.1) is 22.7 Å². The lowest BCUT2D eigenvalue weighted by molar-refractivity contribution is 0.484. The van der Waals surface area contributed by atoms with E-state index in [4.69, 9.17) is 0 Å². The van der Waals surface area contributed by atoms with Crippen LogP contribution < -0.4 is 0 Å². The molecule has 2 aromatic heterocycles. The van der Waals surface area contributed by atoms with Crippen LogP contribution >= 0.6 is 22.7 Å². The van der Waals surface area contributed by atoms with Gasteiger partial charge >= 0.3 is 0 Å². The molecule has 0 saturated heterocycles. The quantitative estimate of drug-likeness (QED) is 0.557. The molecule has 0 aliphatic carbocycles. The van der Waals surface area contributed by atoms with Gasteiger partial charge in [0.25, 0.3) is 10.1 Å². The van der Waals surface area contributed by atoms with Crippen molar-refractivity contribution in [2.45, 2.75) is 4.90 Å². The van der Waals surface area contributed by atoms with E-state index in [2.05, 4.69) is 9.97 Å². The maximum atomic E-state index is 11.9. The summed E-state index contributed by atoms with van der Waals surface area (Å²) in [6.07, 6.45) is 0. The van der Waals surface area contributed by atoms with Crippen LogP contribution in [0.15, 0.2) is 46.8 Å². The van der Waals surface area contributed by atoms with Gasteiger partial charge in [0.1, 0.15) is 9.90 Å². The average molecular weight is 348 g/mol. The van der Waals surface area contributed by atoms with E-state index in [1.165, 1.54) is 22.7 Å². The summed E-state index contributed by atoms with van der Waals surface area (Å²) in [6.45, 7) is 0. The number of rotatable bonds is 2. The zero-order valence-corrected chi connectivity index (χ0v) is 13.4. The zero-order valence-electron chi connectivity index (χ0n) is 10.9. The summed E-state index contributed by atoms with van der Waals surface area (Å²) in [4.78, 5) is 8.45. The number of para-hydroxylation sites is 1. The van der Waals surface area contributed by atoms with Crippen LogP contribution in [0.3, 0.4) is 0 Å². The summed E-state index contributed by atoms with van der Waals surface area (Å²) in [7, 11) is -4.38. The summed E-state index contributed by atoms with van der Waals surface area (Å²) in [5, 5.41) is 0.559. The molecule has 0 radical (unpaired) electrons. The summed E-state index contributed by atoms with van der Waals surface area (Å²) in [5.41, 5.74) is 3.30. The van der Waals surface area contributed by atoms with Gasteiger partial charge in [-0.25, -0.2) is 9.97 Å². The smallest absolute Gasteiger partial charge is 0.282 e. The van der Waals surface area contributed by atoms with E-state index in [0.717, 1.165) is 10.2 Å². The van der Waals surface area contributed by atoms with Crippen molar-refractivity contribution in [1.82, 2.24) is 9.97 Å². The Morgan fingerprint density at radius 3 is 2.64 bits per heavy atom. The Morgan fingerprint density at radius 2 is 1.86 bits per heavy atom. The molecule has 0 aliphatic heterocycles. The molecule has 8 heteroatoms. The standard InChI is InChI=1S/C14H8N2O3S3/c17-22(18,19)13-8(5-6-10-12(13)20-7-15-10)14-16-9-3-1-2-4-11(9)21-14/h1-7H,(H,17,18,19). The SMILES string of the molecule is O=S(=O)(O)c1c(-c2nc3ccccc3s2)ccc2ncsc12. The molecule has 0 atom stereocenters. The fourth-order valence-corrected chi connectivity index (χ4v) is 5.35. The van der Waals surface area contributed by atoms with E-state index < -0.39 is 10.1 Å². The first-order chi connectivity index (χ1) is 10.5. The molecule has 0 amide bonds. The lowest BCUT2D eigenvalue weighted by Gasteiger charge is -2.05. The average Bonchev–Trinajstić information content (AvgIpc) is 3.10. The molecule has 5 nitrogen and oxygen atoms in total. The second-order valence-corrected chi connectivity index (χ2v) is 7.85.